The number of aromatic nitrogens is 4. The Morgan fingerprint density at radius 3 is 2.48 bits per heavy atom. The molecule has 3 aliphatic carbocycles. The van der Waals surface area contributed by atoms with Gasteiger partial charge in [-0.1, -0.05) is 97.1 Å². The van der Waals surface area contributed by atoms with Crippen LogP contribution in [0.1, 0.15) is 72.5 Å². The minimum atomic E-state index is 0.179. The lowest BCUT2D eigenvalue weighted by atomic mass is 9.64. The van der Waals surface area contributed by atoms with Crippen molar-refractivity contribution in [1.29, 1.82) is 0 Å². The number of nitrogens with zero attached hydrogens (tertiary/aromatic N) is 4. The molecule has 0 aliphatic heterocycles. The van der Waals surface area contributed by atoms with Crippen LogP contribution >= 0.6 is 0 Å². The molecule has 0 bridgehead atoms. The van der Waals surface area contributed by atoms with Crippen LogP contribution in [0.5, 0.6) is 0 Å². The number of allylic oxidation sites excluding steroid dienone is 4. The molecule has 0 radical (unpaired) electrons. The number of fused-ring (bicyclic) bond motifs is 5. The van der Waals surface area contributed by atoms with E-state index in [4.69, 9.17) is 15.0 Å². The van der Waals surface area contributed by atoms with Gasteiger partial charge in [0.15, 0.2) is 11.6 Å². The Labute approximate surface area is 247 Å². The van der Waals surface area contributed by atoms with Crippen molar-refractivity contribution in [3.8, 4) is 22.8 Å². The second kappa shape index (κ2) is 9.84. The summed E-state index contributed by atoms with van der Waals surface area (Å²) in [7, 11) is 0. The van der Waals surface area contributed by atoms with Gasteiger partial charge in [-0.25, -0.2) is 15.0 Å². The zero-order valence-corrected chi connectivity index (χ0v) is 24.3. The summed E-state index contributed by atoms with van der Waals surface area (Å²) in [4.78, 5) is 19.2. The Bertz CT molecular complexity index is 1930. The molecule has 0 N–H and O–H groups in total. The molecule has 4 heteroatoms. The molecule has 4 nitrogen and oxygen atoms in total. The van der Waals surface area contributed by atoms with Crippen molar-refractivity contribution >= 4 is 16.3 Å². The van der Waals surface area contributed by atoms with Crippen LogP contribution in [0.25, 0.3) is 39.1 Å². The van der Waals surface area contributed by atoms with E-state index in [1.165, 1.54) is 65.1 Å². The Balaban J connectivity index is 1.19. The Kier molecular flexibility index (Phi) is 5.92. The van der Waals surface area contributed by atoms with Gasteiger partial charge in [0.2, 0.25) is 0 Å². The molecule has 2 heterocycles. The molecule has 0 saturated heterocycles. The van der Waals surface area contributed by atoms with Gasteiger partial charge in [0, 0.05) is 34.9 Å². The van der Waals surface area contributed by atoms with Gasteiger partial charge in [-0.3, -0.25) is 4.98 Å². The van der Waals surface area contributed by atoms with Crippen molar-refractivity contribution in [3.05, 3.63) is 125 Å². The fraction of sp³-hybridized carbons (Fsp3) is 0.263. The SMILES string of the molecule is Cc1ccc2c(c1)C1(CCCCC1)C1=C2C=CC(c2ccncc2-c2nc(C)nc(-c3ccc4ccccc4c3)n2)C1. The Morgan fingerprint density at radius 1 is 0.762 bits per heavy atom. The summed E-state index contributed by atoms with van der Waals surface area (Å²) in [5, 5.41) is 2.39. The topological polar surface area (TPSA) is 51.6 Å². The summed E-state index contributed by atoms with van der Waals surface area (Å²) >= 11 is 0. The second-order valence-electron chi connectivity index (χ2n) is 12.3. The number of hydrogen-bond donors (Lipinski definition) is 0. The van der Waals surface area contributed by atoms with Crippen LogP contribution in [-0.2, 0) is 5.41 Å². The third-order valence-corrected chi connectivity index (χ3v) is 9.76. The van der Waals surface area contributed by atoms with Crippen LogP contribution in [0.15, 0.2) is 96.8 Å². The molecule has 0 amide bonds. The number of pyridine rings is 1. The summed E-state index contributed by atoms with van der Waals surface area (Å²) < 4.78 is 0. The van der Waals surface area contributed by atoms with E-state index < -0.39 is 0 Å². The van der Waals surface area contributed by atoms with Crippen LogP contribution in [0.3, 0.4) is 0 Å². The first kappa shape index (κ1) is 25.3. The van der Waals surface area contributed by atoms with Crippen LogP contribution in [0.2, 0.25) is 0 Å². The van der Waals surface area contributed by atoms with E-state index in [2.05, 4.69) is 90.8 Å². The highest BCUT2D eigenvalue weighted by molar-refractivity contribution is 5.88. The summed E-state index contributed by atoms with van der Waals surface area (Å²) in [6.45, 7) is 4.19. The molecule has 3 aliphatic rings. The number of hydrogen-bond acceptors (Lipinski definition) is 4. The summed E-state index contributed by atoms with van der Waals surface area (Å²) in [5.41, 5.74) is 10.9. The Hall–Kier alpha value is -4.44. The first-order valence-corrected chi connectivity index (χ1v) is 15.3. The minimum Gasteiger partial charge on any atom is -0.264 e. The van der Waals surface area contributed by atoms with Crippen molar-refractivity contribution in [2.24, 2.45) is 0 Å². The van der Waals surface area contributed by atoms with Gasteiger partial charge in [0.1, 0.15) is 5.82 Å². The smallest absolute Gasteiger partial charge is 0.165 e. The zero-order chi connectivity index (χ0) is 28.3. The largest absolute Gasteiger partial charge is 0.264 e. The molecule has 1 atom stereocenters. The van der Waals surface area contributed by atoms with E-state index in [-0.39, 0.29) is 11.3 Å². The molecule has 1 saturated carbocycles. The average molecular weight is 547 g/mol. The molecular formula is C38H34N4. The number of aryl methyl sites for hydroxylation is 2. The molecule has 42 heavy (non-hydrogen) atoms. The molecule has 1 spiro atoms. The van der Waals surface area contributed by atoms with Crippen LogP contribution in [0.4, 0.5) is 0 Å². The standard InChI is InChI=1S/C38H34N4/c1-24-10-14-31-32-15-13-28(22-35(32)38(34(31)20-24)17-6-3-7-18-38)30-16-19-39-23-33(30)37-41-25(2)40-36(42-37)29-12-11-26-8-4-5-9-27(26)21-29/h4-5,8-16,19-21,23,28H,3,6-7,17-18,22H2,1-2H3. The molecule has 2 aromatic heterocycles. The van der Waals surface area contributed by atoms with Crippen molar-refractivity contribution < 1.29 is 0 Å². The fourth-order valence-electron chi connectivity index (χ4n) is 7.78. The van der Waals surface area contributed by atoms with Crippen LogP contribution in [-0.4, -0.2) is 19.9 Å². The highest BCUT2D eigenvalue weighted by Crippen LogP contribution is 2.58. The third-order valence-electron chi connectivity index (χ3n) is 9.76. The molecular weight excluding hydrogens is 512 g/mol. The van der Waals surface area contributed by atoms with E-state index >= 15 is 0 Å². The van der Waals surface area contributed by atoms with Gasteiger partial charge < -0.3 is 0 Å². The first-order valence-electron chi connectivity index (χ1n) is 15.3. The molecule has 1 unspecified atom stereocenters. The normalized spacial score (nSPS) is 18.9. The second-order valence-corrected chi connectivity index (χ2v) is 12.3. The highest BCUT2D eigenvalue weighted by Gasteiger charge is 2.46. The Morgan fingerprint density at radius 2 is 1.60 bits per heavy atom. The maximum Gasteiger partial charge on any atom is 0.165 e. The predicted octanol–water partition coefficient (Wildman–Crippen LogP) is 9.08. The molecule has 3 aromatic carbocycles. The van der Waals surface area contributed by atoms with Crippen molar-refractivity contribution in [3.63, 3.8) is 0 Å². The summed E-state index contributed by atoms with van der Waals surface area (Å²) in [6.07, 6.45) is 16.2. The quantitative estimate of drug-likeness (QED) is 0.226. The number of rotatable bonds is 3. The first-order chi connectivity index (χ1) is 20.6. The van der Waals surface area contributed by atoms with Crippen LogP contribution in [0, 0.1) is 13.8 Å². The van der Waals surface area contributed by atoms with Gasteiger partial charge in [-0.15, -0.1) is 0 Å². The van der Waals surface area contributed by atoms with Gasteiger partial charge in [-0.2, -0.15) is 0 Å². The van der Waals surface area contributed by atoms with E-state index in [0.29, 0.717) is 17.5 Å². The molecule has 206 valence electrons. The number of benzene rings is 3. The lowest BCUT2D eigenvalue weighted by Crippen LogP contribution is -2.30. The van der Waals surface area contributed by atoms with E-state index in [1.54, 1.807) is 11.1 Å². The predicted molar refractivity (Wildman–Crippen MR) is 170 cm³/mol. The van der Waals surface area contributed by atoms with Crippen molar-refractivity contribution in [2.45, 2.75) is 63.7 Å². The van der Waals surface area contributed by atoms with Gasteiger partial charge in [-0.05, 0) is 78.3 Å². The average Bonchev–Trinajstić information content (AvgIpc) is 3.28. The monoisotopic (exact) mass is 546 g/mol. The third kappa shape index (κ3) is 4.04. The van der Waals surface area contributed by atoms with Gasteiger partial charge in [0.25, 0.3) is 0 Å². The van der Waals surface area contributed by atoms with Crippen LogP contribution < -0.4 is 0 Å². The minimum absolute atomic E-state index is 0.179. The summed E-state index contributed by atoms with van der Waals surface area (Å²) in [5.74, 6) is 2.35. The lowest BCUT2D eigenvalue weighted by molar-refractivity contribution is 0.335. The van der Waals surface area contributed by atoms with Crippen molar-refractivity contribution in [1.82, 2.24) is 19.9 Å². The van der Waals surface area contributed by atoms with Gasteiger partial charge >= 0.3 is 0 Å². The van der Waals surface area contributed by atoms with E-state index in [9.17, 15) is 0 Å². The lowest BCUT2D eigenvalue weighted by Gasteiger charge is -2.39. The zero-order valence-electron chi connectivity index (χ0n) is 24.3. The van der Waals surface area contributed by atoms with E-state index in [0.717, 1.165) is 17.5 Å². The summed E-state index contributed by atoms with van der Waals surface area (Å²) in [6, 6.07) is 24.1. The molecule has 1 fully saturated rings. The molecule has 5 aromatic rings. The van der Waals surface area contributed by atoms with Crippen molar-refractivity contribution in [2.75, 3.05) is 0 Å². The molecule has 8 rings (SSSR count). The van der Waals surface area contributed by atoms with E-state index in [1.807, 2.05) is 19.3 Å². The highest BCUT2D eigenvalue weighted by atomic mass is 15.0. The maximum atomic E-state index is 5.03. The maximum absolute atomic E-state index is 5.03. The fourth-order valence-corrected chi connectivity index (χ4v) is 7.78. The van der Waals surface area contributed by atoms with Gasteiger partial charge in [0.05, 0.1) is 0 Å².